The summed E-state index contributed by atoms with van der Waals surface area (Å²) < 4.78 is 3.73. The molecule has 0 saturated carbocycles. The third-order valence-corrected chi connectivity index (χ3v) is 5.69. The number of aromatic nitrogens is 4. The molecule has 4 aromatic rings. The van der Waals surface area contributed by atoms with Crippen molar-refractivity contribution >= 4 is 33.8 Å². The molecule has 1 amide bonds. The Kier molecular flexibility index (Phi) is 4.95. The van der Waals surface area contributed by atoms with Crippen molar-refractivity contribution in [3.05, 3.63) is 64.0 Å². The largest absolute Gasteiger partial charge is 0.346 e. The predicted octanol–water partition coefficient (Wildman–Crippen LogP) is 4.35. The molecule has 3 aromatic heterocycles. The molecule has 0 saturated heterocycles. The van der Waals surface area contributed by atoms with E-state index in [0.29, 0.717) is 17.3 Å². The number of nitrogens with one attached hydrogen (secondary N) is 1. The SMILES string of the molecule is Cc1cc(C)n(C[C@@H](C)NC(=O)c2csc3nc(-c4ccccc4Cl)cn23)n1. The maximum atomic E-state index is 12.8. The van der Waals surface area contributed by atoms with Gasteiger partial charge in [-0.1, -0.05) is 29.8 Å². The van der Waals surface area contributed by atoms with Crippen molar-refractivity contribution in [1.82, 2.24) is 24.5 Å². The normalized spacial score (nSPS) is 12.4. The summed E-state index contributed by atoms with van der Waals surface area (Å²) >= 11 is 7.71. The van der Waals surface area contributed by atoms with Gasteiger partial charge in [-0.15, -0.1) is 11.3 Å². The van der Waals surface area contributed by atoms with Crippen LogP contribution in [0.2, 0.25) is 5.02 Å². The number of nitrogens with zero attached hydrogens (tertiary/aromatic N) is 4. The number of amides is 1. The fraction of sp³-hybridized carbons (Fsp3) is 0.250. The average molecular weight is 414 g/mol. The van der Waals surface area contributed by atoms with Crippen LogP contribution in [0.4, 0.5) is 0 Å². The van der Waals surface area contributed by atoms with E-state index in [0.717, 1.165) is 27.6 Å². The third kappa shape index (κ3) is 3.55. The van der Waals surface area contributed by atoms with Crippen LogP contribution >= 0.6 is 22.9 Å². The van der Waals surface area contributed by atoms with Crippen molar-refractivity contribution in [2.45, 2.75) is 33.4 Å². The van der Waals surface area contributed by atoms with Crippen molar-refractivity contribution in [3.63, 3.8) is 0 Å². The zero-order chi connectivity index (χ0) is 19.8. The Bertz CT molecular complexity index is 1160. The first kappa shape index (κ1) is 18.7. The van der Waals surface area contributed by atoms with Gasteiger partial charge in [0, 0.05) is 28.9 Å². The van der Waals surface area contributed by atoms with E-state index in [4.69, 9.17) is 11.6 Å². The summed E-state index contributed by atoms with van der Waals surface area (Å²) in [5.74, 6) is -0.136. The number of imidazole rings is 1. The van der Waals surface area contributed by atoms with Crippen molar-refractivity contribution < 1.29 is 4.79 Å². The van der Waals surface area contributed by atoms with Gasteiger partial charge in [0.1, 0.15) is 5.69 Å². The second-order valence-corrected chi connectivity index (χ2v) is 8.11. The molecule has 1 atom stereocenters. The summed E-state index contributed by atoms with van der Waals surface area (Å²) in [6, 6.07) is 9.52. The number of benzene rings is 1. The van der Waals surface area contributed by atoms with Gasteiger partial charge in [0.15, 0.2) is 4.96 Å². The lowest BCUT2D eigenvalue weighted by atomic mass is 10.2. The lowest BCUT2D eigenvalue weighted by Crippen LogP contribution is -2.36. The molecule has 0 radical (unpaired) electrons. The van der Waals surface area contributed by atoms with Gasteiger partial charge in [0.05, 0.1) is 23.0 Å². The fourth-order valence-electron chi connectivity index (χ4n) is 3.21. The molecule has 0 bridgehead atoms. The fourth-order valence-corrected chi connectivity index (χ4v) is 4.29. The smallest absolute Gasteiger partial charge is 0.269 e. The summed E-state index contributed by atoms with van der Waals surface area (Å²) in [4.78, 5) is 18.2. The Morgan fingerprint density at radius 2 is 2.11 bits per heavy atom. The molecular weight excluding hydrogens is 394 g/mol. The monoisotopic (exact) mass is 413 g/mol. The molecule has 0 spiro atoms. The highest BCUT2D eigenvalue weighted by Crippen LogP contribution is 2.29. The van der Waals surface area contributed by atoms with Crippen LogP contribution in [-0.4, -0.2) is 31.1 Å². The van der Waals surface area contributed by atoms with E-state index in [1.807, 2.05) is 71.8 Å². The zero-order valence-electron chi connectivity index (χ0n) is 15.8. The molecule has 0 aliphatic rings. The minimum atomic E-state index is -0.136. The maximum Gasteiger partial charge on any atom is 0.269 e. The summed E-state index contributed by atoms with van der Waals surface area (Å²) in [5.41, 5.74) is 4.22. The van der Waals surface area contributed by atoms with Crippen LogP contribution in [0.5, 0.6) is 0 Å². The van der Waals surface area contributed by atoms with Gasteiger partial charge < -0.3 is 5.32 Å². The molecule has 3 heterocycles. The molecule has 4 rings (SSSR count). The quantitative estimate of drug-likeness (QED) is 0.529. The Morgan fingerprint density at radius 3 is 2.82 bits per heavy atom. The van der Waals surface area contributed by atoms with Crippen LogP contribution in [0.25, 0.3) is 16.2 Å². The van der Waals surface area contributed by atoms with Crippen LogP contribution in [-0.2, 0) is 6.54 Å². The van der Waals surface area contributed by atoms with Crippen molar-refractivity contribution in [2.24, 2.45) is 0 Å². The van der Waals surface area contributed by atoms with Gasteiger partial charge in [-0.05, 0) is 32.9 Å². The molecule has 0 fully saturated rings. The summed E-state index contributed by atoms with van der Waals surface area (Å²) in [6.07, 6.45) is 1.85. The van der Waals surface area contributed by atoms with Gasteiger partial charge in [0.25, 0.3) is 5.91 Å². The molecule has 6 nitrogen and oxygen atoms in total. The van der Waals surface area contributed by atoms with E-state index in [2.05, 4.69) is 15.4 Å². The summed E-state index contributed by atoms with van der Waals surface area (Å²) in [6.45, 7) is 6.57. The number of thiazole rings is 1. The minimum Gasteiger partial charge on any atom is -0.346 e. The average Bonchev–Trinajstić information content (AvgIpc) is 3.29. The third-order valence-electron chi connectivity index (χ3n) is 4.52. The van der Waals surface area contributed by atoms with Crippen LogP contribution < -0.4 is 5.32 Å². The number of hydrogen-bond donors (Lipinski definition) is 1. The number of carbonyl (C=O) groups excluding carboxylic acids is 1. The number of rotatable bonds is 5. The molecule has 144 valence electrons. The second-order valence-electron chi connectivity index (χ2n) is 6.86. The molecule has 0 unspecified atom stereocenters. The standard InChI is InChI=1S/C20H20ClN5OS/c1-12-8-14(3)26(24-12)9-13(2)22-19(27)18-11-28-20-23-17(10-25(18)20)15-6-4-5-7-16(15)21/h4-8,10-11,13H,9H2,1-3H3,(H,22,27)/t13-/m1/s1. The first-order valence-corrected chi connectivity index (χ1v) is 10.2. The summed E-state index contributed by atoms with van der Waals surface area (Å²) in [5, 5.41) is 9.97. The number of aryl methyl sites for hydroxylation is 2. The van der Waals surface area contributed by atoms with E-state index in [9.17, 15) is 4.79 Å². The van der Waals surface area contributed by atoms with E-state index in [-0.39, 0.29) is 11.9 Å². The van der Waals surface area contributed by atoms with Gasteiger partial charge >= 0.3 is 0 Å². The van der Waals surface area contributed by atoms with Crippen molar-refractivity contribution in [3.8, 4) is 11.3 Å². The first-order valence-electron chi connectivity index (χ1n) is 8.96. The molecular formula is C20H20ClN5OS. The van der Waals surface area contributed by atoms with E-state index in [1.165, 1.54) is 11.3 Å². The lowest BCUT2D eigenvalue weighted by molar-refractivity contribution is 0.0930. The highest BCUT2D eigenvalue weighted by Gasteiger charge is 2.18. The van der Waals surface area contributed by atoms with Gasteiger partial charge in [0.2, 0.25) is 0 Å². The highest BCUT2D eigenvalue weighted by atomic mass is 35.5. The lowest BCUT2D eigenvalue weighted by Gasteiger charge is -2.14. The predicted molar refractivity (Wildman–Crippen MR) is 112 cm³/mol. The van der Waals surface area contributed by atoms with Gasteiger partial charge in [-0.2, -0.15) is 5.10 Å². The van der Waals surface area contributed by atoms with E-state index in [1.54, 1.807) is 0 Å². The Morgan fingerprint density at radius 1 is 1.32 bits per heavy atom. The molecule has 8 heteroatoms. The topological polar surface area (TPSA) is 64.2 Å². The number of fused-ring (bicyclic) bond motifs is 1. The molecule has 1 N–H and O–H groups in total. The highest BCUT2D eigenvalue weighted by molar-refractivity contribution is 7.15. The van der Waals surface area contributed by atoms with Gasteiger partial charge in [-0.3, -0.25) is 13.9 Å². The van der Waals surface area contributed by atoms with E-state index >= 15 is 0 Å². The van der Waals surface area contributed by atoms with Crippen LogP contribution in [0.15, 0.2) is 41.9 Å². The second kappa shape index (κ2) is 7.41. The van der Waals surface area contributed by atoms with Crippen LogP contribution in [0, 0.1) is 13.8 Å². The van der Waals surface area contributed by atoms with Crippen molar-refractivity contribution in [2.75, 3.05) is 0 Å². The Balaban J connectivity index is 1.54. The molecule has 0 aliphatic carbocycles. The molecule has 28 heavy (non-hydrogen) atoms. The Labute approximate surface area is 171 Å². The minimum absolute atomic E-state index is 0.0630. The maximum absolute atomic E-state index is 12.8. The summed E-state index contributed by atoms with van der Waals surface area (Å²) in [7, 11) is 0. The number of carbonyl (C=O) groups is 1. The Hall–Kier alpha value is -2.64. The number of hydrogen-bond acceptors (Lipinski definition) is 4. The van der Waals surface area contributed by atoms with Crippen molar-refractivity contribution in [1.29, 1.82) is 0 Å². The molecule has 1 aromatic carbocycles. The molecule has 0 aliphatic heterocycles. The van der Waals surface area contributed by atoms with Gasteiger partial charge in [-0.25, -0.2) is 4.98 Å². The first-order chi connectivity index (χ1) is 13.4. The van der Waals surface area contributed by atoms with Crippen LogP contribution in [0.3, 0.4) is 0 Å². The van der Waals surface area contributed by atoms with E-state index < -0.39 is 0 Å². The zero-order valence-corrected chi connectivity index (χ0v) is 17.4. The van der Waals surface area contributed by atoms with Crippen LogP contribution in [0.1, 0.15) is 28.8 Å². The number of halogens is 1.